The van der Waals surface area contributed by atoms with Crippen molar-refractivity contribution >= 4 is 17.5 Å². The maximum absolute atomic E-state index is 13.3. The van der Waals surface area contributed by atoms with Crippen molar-refractivity contribution in [2.45, 2.75) is 13.8 Å². The molecule has 0 atom stereocenters. The third-order valence-electron chi connectivity index (χ3n) is 4.79. The fourth-order valence-corrected chi connectivity index (χ4v) is 3.55. The number of nitrogens with one attached hydrogen (secondary N) is 1. The molecule has 0 aliphatic carbocycles. The number of rotatable bonds is 5. The number of halogens is 1. The molecule has 0 radical (unpaired) electrons. The number of hydrogen-bond acceptors (Lipinski definition) is 3. The SMILES string of the molecule is CCN(CC)C(=O)c1cc(-c2ccccc2)c(=O)[nH]c1-c1c(Cl)cccc1C#N. The second-order valence-electron chi connectivity index (χ2n) is 6.42. The average molecular weight is 406 g/mol. The first kappa shape index (κ1) is 20.4. The van der Waals surface area contributed by atoms with Gasteiger partial charge in [-0.15, -0.1) is 0 Å². The smallest absolute Gasteiger partial charge is 0.256 e. The van der Waals surface area contributed by atoms with Crippen LogP contribution in [0.15, 0.2) is 59.4 Å². The summed E-state index contributed by atoms with van der Waals surface area (Å²) in [4.78, 5) is 30.7. The van der Waals surface area contributed by atoms with Crippen molar-refractivity contribution < 1.29 is 4.79 Å². The van der Waals surface area contributed by atoms with Gasteiger partial charge in [-0.3, -0.25) is 9.59 Å². The normalized spacial score (nSPS) is 10.4. The van der Waals surface area contributed by atoms with E-state index in [2.05, 4.69) is 11.1 Å². The second-order valence-corrected chi connectivity index (χ2v) is 6.83. The first-order chi connectivity index (χ1) is 14.0. The van der Waals surface area contributed by atoms with E-state index in [9.17, 15) is 14.9 Å². The molecule has 3 rings (SSSR count). The Hall–Kier alpha value is -3.36. The molecular formula is C23H20ClN3O2. The minimum absolute atomic E-state index is 0.234. The molecule has 0 unspecified atom stereocenters. The number of carbonyl (C=O) groups excluding carboxylic acids is 1. The predicted molar refractivity (Wildman–Crippen MR) is 115 cm³/mol. The van der Waals surface area contributed by atoms with Gasteiger partial charge in [-0.1, -0.05) is 48.0 Å². The Labute approximate surface area is 174 Å². The van der Waals surface area contributed by atoms with E-state index in [0.29, 0.717) is 40.4 Å². The molecule has 2 aromatic carbocycles. The quantitative estimate of drug-likeness (QED) is 0.667. The van der Waals surface area contributed by atoms with Crippen LogP contribution in [-0.2, 0) is 0 Å². The van der Waals surface area contributed by atoms with Gasteiger partial charge in [0.15, 0.2) is 0 Å². The molecule has 0 saturated carbocycles. The number of aromatic nitrogens is 1. The largest absolute Gasteiger partial charge is 0.339 e. The van der Waals surface area contributed by atoms with Crippen LogP contribution in [0.3, 0.4) is 0 Å². The van der Waals surface area contributed by atoms with Crippen molar-refractivity contribution in [1.29, 1.82) is 5.26 Å². The van der Waals surface area contributed by atoms with Crippen LogP contribution in [0.5, 0.6) is 0 Å². The summed E-state index contributed by atoms with van der Waals surface area (Å²) in [6.07, 6.45) is 0. The van der Waals surface area contributed by atoms with Crippen LogP contribution in [0.25, 0.3) is 22.4 Å². The Kier molecular flexibility index (Phi) is 6.16. The molecule has 1 aromatic heterocycles. The van der Waals surface area contributed by atoms with E-state index in [1.54, 1.807) is 29.2 Å². The topological polar surface area (TPSA) is 77.0 Å². The molecule has 1 amide bonds. The Bertz CT molecular complexity index is 1140. The van der Waals surface area contributed by atoms with Crippen LogP contribution < -0.4 is 5.56 Å². The molecule has 1 N–H and O–H groups in total. The van der Waals surface area contributed by atoms with Gasteiger partial charge in [-0.05, 0) is 37.6 Å². The summed E-state index contributed by atoms with van der Waals surface area (Å²) in [5.74, 6) is -0.234. The maximum Gasteiger partial charge on any atom is 0.256 e. The number of H-pyrrole nitrogens is 1. The van der Waals surface area contributed by atoms with Gasteiger partial charge < -0.3 is 9.88 Å². The Morgan fingerprint density at radius 1 is 1.10 bits per heavy atom. The number of nitriles is 1. The van der Waals surface area contributed by atoms with Gasteiger partial charge in [0.1, 0.15) is 0 Å². The molecule has 6 heteroatoms. The van der Waals surface area contributed by atoms with Crippen LogP contribution in [-0.4, -0.2) is 28.9 Å². The van der Waals surface area contributed by atoms with E-state index in [1.807, 2.05) is 44.2 Å². The van der Waals surface area contributed by atoms with Crippen LogP contribution in [0.4, 0.5) is 0 Å². The van der Waals surface area contributed by atoms with Crippen LogP contribution in [0.2, 0.25) is 5.02 Å². The highest BCUT2D eigenvalue weighted by molar-refractivity contribution is 6.33. The molecule has 0 aliphatic rings. The summed E-state index contributed by atoms with van der Waals surface area (Å²) in [6, 6.07) is 17.7. The highest BCUT2D eigenvalue weighted by Crippen LogP contribution is 2.33. The van der Waals surface area contributed by atoms with Crippen molar-refractivity contribution in [2.24, 2.45) is 0 Å². The van der Waals surface area contributed by atoms with Gasteiger partial charge in [0.2, 0.25) is 0 Å². The summed E-state index contributed by atoms with van der Waals surface area (Å²) in [5.41, 5.74) is 1.93. The fraction of sp³-hybridized carbons (Fsp3) is 0.174. The molecular weight excluding hydrogens is 386 g/mol. The van der Waals surface area contributed by atoms with Crippen LogP contribution in [0, 0.1) is 11.3 Å². The zero-order valence-electron chi connectivity index (χ0n) is 16.2. The maximum atomic E-state index is 13.3. The third-order valence-corrected chi connectivity index (χ3v) is 5.11. The van der Waals surface area contributed by atoms with E-state index < -0.39 is 0 Å². The number of aromatic amines is 1. The minimum atomic E-state index is -0.355. The Morgan fingerprint density at radius 2 is 1.79 bits per heavy atom. The van der Waals surface area contributed by atoms with Crippen molar-refractivity contribution in [3.05, 3.63) is 81.1 Å². The fourth-order valence-electron chi connectivity index (χ4n) is 3.28. The molecule has 0 spiro atoms. The lowest BCUT2D eigenvalue weighted by Crippen LogP contribution is -2.32. The molecule has 0 aliphatic heterocycles. The van der Waals surface area contributed by atoms with Gasteiger partial charge in [0, 0.05) is 24.2 Å². The molecule has 3 aromatic rings. The van der Waals surface area contributed by atoms with Gasteiger partial charge in [0.05, 0.1) is 27.9 Å². The summed E-state index contributed by atoms with van der Waals surface area (Å²) >= 11 is 6.38. The number of hydrogen-bond donors (Lipinski definition) is 1. The highest BCUT2D eigenvalue weighted by atomic mass is 35.5. The lowest BCUT2D eigenvalue weighted by Gasteiger charge is -2.21. The number of amides is 1. The van der Waals surface area contributed by atoms with Crippen molar-refractivity contribution in [1.82, 2.24) is 9.88 Å². The zero-order chi connectivity index (χ0) is 21.0. The first-order valence-corrected chi connectivity index (χ1v) is 9.70. The summed E-state index contributed by atoms with van der Waals surface area (Å²) in [7, 11) is 0. The van der Waals surface area contributed by atoms with E-state index >= 15 is 0 Å². The standard InChI is InChI=1S/C23H20ClN3O2/c1-3-27(4-2)23(29)18-13-17(15-9-6-5-7-10-15)22(28)26-21(18)20-16(14-25)11-8-12-19(20)24/h5-13H,3-4H2,1-2H3,(H,26,28). The molecule has 29 heavy (non-hydrogen) atoms. The molecule has 0 fully saturated rings. The molecule has 146 valence electrons. The van der Waals surface area contributed by atoms with E-state index in [1.165, 1.54) is 0 Å². The lowest BCUT2D eigenvalue weighted by molar-refractivity contribution is 0.0773. The number of carbonyl (C=O) groups is 1. The first-order valence-electron chi connectivity index (χ1n) is 9.32. The summed E-state index contributed by atoms with van der Waals surface area (Å²) in [5, 5.41) is 9.83. The van der Waals surface area contributed by atoms with Crippen molar-refractivity contribution in [2.75, 3.05) is 13.1 Å². The monoisotopic (exact) mass is 405 g/mol. The van der Waals surface area contributed by atoms with Gasteiger partial charge in [-0.2, -0.15) is 5.26 Å². The molecule has 0 bridgehead atoms. The third kappa shape index (κ3) is 3.94. The minimum Gasteiger partial charge on any atom is -0.339 e. The number of benzene rings is 2. The second kappa shape index (κ2) is 8.76. The Balaban J connectivity index is 2.35. The average Bonchev–Trinajstić information content (AvgIpc) is 2.74. The van der Waals surface area contributed by atoms with Gasteiger partial charge in [-0.25, -0.2) is 0 Å². The summed E-state index contributed by atoms with van der Waals surface area (Å²) in [6.45, 7) is 4.81. The van der Waals surface area contributed by atoms with Crippen LogP contribution >= 0.6 is 11.6 Å². The van der Waals surface area contributed by atoms with Crippen LogP contribution in [0.1, 0.15) is 29.8 Å². The lowest BCUT2D eigenvalue weighted by atomic mass is 9.97. The summed E-state index contributed by atoms with van der Waals surface area (Å²) < 4.78 is 0. The van der Waals surface area contributed by atoms with Crippen molar-refractivity contribution in [3.63, 3.8) is 0 Å². The zero-order valence-corrected chi connectivity index (χ0v) is 17.0. The Morgan fingerprint density at radius 3 is 2.41 bits per heavy atom. The molecule has 0 saturated heterocycles. The van der Waals surface area contributed by atoms with E-state index in [-0.39, 0.29) is 22.7 Å². The van der Waals surface area contributed by atoms with Gasteiger partial charge >= 0.3 is 0 Å². The molecule has 1 heterocycles. The van der Waals surface area contributed by atoms with Crippen molar-refractivity contribution in [3.8, 4) is 28.5 Å². The van der Waals surface area contributed by atoms with E-state index in [0.717, 1.165) is 0 Å². The predicted octanol–water partition coefficient (Wildman–Crippen LogP) is 4.72. The highest BCUT2D eigenvalue weighted by Gasteiger charge is 2.23. The van der Waals surface area contributed by atoms with E-state index in [4.69, 9.17) is 11.6 Å². The number of pyridine rings is 1. The number of nitrogens with zero attached hydrogens (tertiary/aromatic N) is 2. The molecule has 5 nitrogen and oxygen atoms in total. The van der Waals surface area contributed by atoms with Gasteiger partial charge in [0.25, 0.3) is 11.5 Å².